The number of hydrogen-bond acceptors (Lipinski definition) is 5. The van der Waals surface area contributed by atoms with Crippen molar-refractivity contribution >= 4 is 55.5 Å². The van der Waals surface area contributed by atoms with E-state index in [2.05, 4.69) is 25.9 Å². The van der Waals surface area contributed by atoms with Gasteiger partial charge in [0.15, 0.2) is 5.82 Å². The maximum atomic E-state index is 12.8. The van der Waals surface area contributed by atoms with Gasteiger partial charge in [-0.1, -0.05) is 12.1 Å². The molecule has 0 spiro atoms. The number of thiazole rings is 1. The lowest BCUT2D eigenvalue weighted by atomic mass is 10.3. The Morgan fingerprint density at radius 3 is 2.85 bits per heavy atom. The maximum absolute atomic E-state index is 12.8. The van der Waals surface area contributed by atoms with Crippen LogP contribution in [-0.2, 0) is 17.9 Å². The van der Waals surface area contributed by atoms with Gasteiger partial charge in [-0.15, -0.1) is 22.7 Å². The molecule has 0 aliphatic carbocycles. The molecule has 4 rings (SSSR count). The Bertz CT molecular complexity index is 1050. The van der Waals surface area contributed by atoms with Gasteiger partial charge in [0.25, 0.3) is 0 Å². The van der Waals surface area contributed by atoms with E-state index in [1.54, 1.807) is 21.7 Å². The zero-order valence-electron chi connectivity index (χ0n) is 13.9. The molecule has 8 heteroatoms. The molecular weight excluding hydrogens is 432 g/mol. The summed E-state index contributed by atoms with van der Waals surface area (Å²) >= 11 is 6.62. The molecule has 26 heavy (non-hydrogen) atoms. The molecule has 0 N–H and O–H groups in total. The average molecular weight is 447 g/mol. The van der Waals surface area contributed by atoms with E-state index in [1.165, 1.54) is 11.3 Å². The molecule has 0 saturated heterocycles. The van der Waals surface area contributed by atoms with Crippen molar-refractivity contribution in [3.8, 4) is 11.5 Å². The summed E-state index contributed by atoms with van der Waals surface area (Å²) < 4.78 is 3.02. The number of hydrogen-bond donors (Lipinski definition) is 0. The van der Waals surface area contributed by atoms with Crippen LogP contribution in [0, 0.1) is 0 Å². The van der Waals surface area contributed by atoms with Crippen LogP contribution in [0.4, 0.5) is 0 Å². The highest BCUT2D eigenvalue weighted by molar-refractivity contribution is 9.11. The summed E-state index contributed by atoms with van der Waals surface area (Å²) in [7, 11) is 1.83. The number of benzene rings is 1. The smallest absolute Gasteiger partial charge is 0.242 e. The fraction of sp³-hybridized carbons (Fsp3) is 0.167. The Morgan fingerprint density at radius 1 is 1.27 bits per heavy atom. The van der Waals surface area contributed by atoms with Gasteiger partial charge in [0.2, 0.25) is 5.91 Å². The largest absolute Gasteiger partial charge is 0.339 e. The summed E-state index contributed by atoms with van der Waals surface area (Å²) in [5.74, 6) is 0.766. The predicted octanol–water partition coefficient (Wildman–Crippen LogP) is 4.64. The Morgan fingerprint density at radius 2 is 2.12 bits per heavy atom. The van der Waals surface area contributed by atoms with Crippen LogP contribution in [-0.4, -0.2) is 32.4 Å². The highest BCUT2D eigenvalue weighted by atomic mass is 79.9. The van der Waals surface area contributed by atoms with E-state index in [1.807, 2.05) is 53.4 Å². The van der Waals surface area contributed by atoms with Gasteiger partial charge in [-0.2, -0.15) is 0 Å². The van der Waals surface area contributed by atoms with Gasteiger partial charge < -0.3 is 9.47 Å². The monoisotopic (exact) mass is 446 g/mol. The van der Waals surface area contributed by atoms with Crippen LogP contribution in [0.25, 0.3) is 22.6 Å². The Balaban J connectivity index is 1.63. The van der Waals surface area contributed by atoms with E-state index in [4.69, 9.17) is 0 Å². The maximum Gasteiger partial charge on any atom is 0.242 e. The molecule has 0 radical (unpaired) electrons. The van der Waals surface area contributed by atoms with Crippen LogP contribution < -0.4 is 0 Å². The second-order valence-electron chi connectivity index (χ2n) is 5.84. The van der Waals surface area contributed by atoms with E-state index < -0.39 is 0 Å². The van der Waals surface area contributed by atoms with Crippen LogP contribution in [0.15, 0.2) is 51.1 Å². The number of para-hydroxylation sites is 2. The first-order valence-electron chi connectivity index (χ1n) is 7.94. The molecule has 0 atom stereocenters. The SMILES string of the molecule is CN(Cc1ccc(Br)s1)C(=O)Cn1c(-c2cscn2)nc2ccccc21. The molecule has 1 aromatic carbocycles. The second kappa shape index (κ2) is 7.30. The molecule has 132 valence electrons. The van der Waals surface area contributed by atoms with Crippen molar-refractivity contribution in [3.05, 3.63) is 56.0 Å². The number of carbonyl (C=O) groups is 1. The first-order valence-corrected chi connectivity index (χ1v) is 10.5. The van der Waals surface area contributed by atoms with E-state index in [9.17, 15) is 4.79 Å². The molecule has 1 amide bonds. The quantitative estimate of drug-likeness (QED) is 0.448. The van der Waals surface area contributed by atoms with Gasteiger partial charge in [0.1, 0.15) is 12.2 Å². The van der Waals surface area contributed by atoms with Crippen molar-refractivity contribution in [2.45, 2.75) is 13.1 Å². The molecule has 4 aromatic rings. The van der Waals surface area contributed by atoms with Crippen molar-refractivity contribution in [1.82, 2.24) is 19.4 Å². The molecule has 3 heterocycles. The zero-order valence-corrected chi connectivity index (χ0v) is 17.1. The van der Waals surface area contributed by atoms with E-state index >= 15 is 0 Å². The van der Waals surface area contributed by atoms with E-state index in [0.29, 0.717) is 6.54 Å². The fourth-order valence-electron chi connectivity index (χ4n) is 2.77. The van der Waals surface area contributed by atoms with Crippen LogP contribution >= 0.6 is 38.6 Å². The average Bonchev–Trinajstić information content (AvgIpc) is 3.35. The van der Waals surface area contributed by atoms with Crippen molar-refractivity contribution in [2.24, 2.45) is 0 Å². The zero-order chi connectivity index (χ0) is 18.1. The van der Waals surface area contributed by atoms with Crippen molar-refractivity contribution in [1.29, 1.82) is 0 Å². The van der Waals surface area contributed by atoms with Crippen LogP contribution in [0.3, 0.4) is 0 Å². The van der Waals surface area contributed by atoms with Gasteiger partial charge >= 0.3 is 0 Å². The number of rotatable bonds is 5. The summed E-state index contributed by atoms with van der Waals surface area (Å²) in [6.45, 7) is 0.824. The van der Waals surface area contributed by atoms with E-state index in [0.717, 1.165) is 31.2 Å². The van der Waals surface area contributed by atoms with Crippen molar-refractivity contribution < 1.29 is 4.79 Å². The van der Waals surface area contributed by atoms with Crippen molar-refractivity contribution in [2.75, 3.05) is 7.05 Å². The lowest BCUT2D eigenvalue weighted by Crippen LogP contribution is -2.29. The number of likely N-dealkylation sites (N-methyl/N-ethyl adjacent to an activating group) is 1. The summed E-state index contributed by atoms with van der Waals surface area (Å²) in [5.41, 5.74) is 4.38. The number of imidazole rings is 1. The first-order chi connectivity index (χ1) is 12.6. The Hall–Kier alpha value is -2.03. The number of halogens is 1. The van der Waals surface area contributed by atoms with Gasteiger partial charge in [-0.05, 0) is 40.2 Å². The van der Waals surface area contributed by atoms with Gasteiger partial charge in [-0.25, -0.2) is 9.97 Å². The minimum atomic E-state index is 0.0363. The number of thiophene rings is 1. The lowest BCUT2D eigenvalue weighted by molar-refractivity contribution is -0.130. The molecule has 3 aromatic heterocycles. The highest BCUT2D eigenvalue weighted by Gasteiger charge is 2.18. The normalized spacial score (nSPS) is 11.2. The lowest BCUT2D eigenvalue weighted by Gasteiger charge is -2.17. The summed E-state index contributed by atoms with van der Waals surface area (Å²) in [4.78, 5) is 24.8. The van der Waals surface area contributed by atoms with Crippen LogP contribution in [0.2, 0.25) is 0 Å². The fourth-order valence-corrected chi connectivity index (χ4v) is 4.84. The molecule has 0 fully saturated rings. The summed E-state index contributed by atoms with van der Waals surface area (Å²) in [6.07, 6.45) is 0. The van der Waals surface area contributed by atoms with Gasteiger partial charge in [0.05, 0.1) is 26.9 Å². The molecule has 0 unspecified atom stereocenters. The molecule has 0 saturated carbocycles. The number of amides is 1. The number of carbonyl (C=O) groups excluding carboxylic acids is 1. The second-order valence-corrected chi connectivity index (χ2v) is 9.11. The van der Waals surface area contributed by atoms with Crippen LogP contribution in [0.1, 0.15) is 4.88 Å². The molecule has 0 aliphatic rings. The molecular formula is C18H15BrN4OS2. The summed E-state index contributed by atoms with van der Waals surface area (Å²) in [5, 5.41) is 1.95. The van der Waals surface area contributed by atoms with Crippen molar-refractivity contribution in [3.63, 3.8) is 0 Å². The number of fused-ring (bicyclic) bond motifs is 1. The minimum absolute atomic E-state index is 0.0363. The Kier molecular flexibility index (Phi) is 4.88. The third kappa shape index (κ3) is 3.44. The number of nitrogens with zero attached hydrogens (tertiary/aromatic N) is 4. The topological polar surface area (TPSA) is 51.0 Å². The third-order valence-electron chi connectivity index (χ3n) is 4.06. The highest BCUT2D eigenvalue weighted by Crippen LogP contribution is 2.26. The Labute approximate surface area is 167 Å². The standard InChI is InChI=1S/C18H15BrN4OS2/c1-22(8-12-6-7-16(19)26-12)17(24)9-23-15-5-3-2-4-13(15)21-18(23)14-10-25-11-20-14/h2-7,10-11H,8-9H2,1H3. The van der Waals surface area contributed by atoms with E-state index in [-0.39, 0.29) is 12.5 Å². The minimum Gasteiger partial charge on any atom is -0.339 e. The molecule has 5 nitrogen and oxygen atoms in total. The summed E-state index contributed by atoms with van der Waals surface area (Å²) in [6, 6.07) is 11.9. The molecule has 0 aliphatic heterocycles. The molecule has 0 bridgehead atoms. The van der Waals surface area contributed by atoms with Crippen LogP contribution in [0.5, 0.6) is 0 Å². The van der Waals surface area contributed by atoms with Gasteiger partial charge in [-0.3, -0.25) is 4.79 Å². The third-order valence-corrected chi connectivity index (χ3v) is 6.25. The van der Waals surface area contributed by atoms with Gasteiger partial charge in [0, 0.05) is 17.3 Å². The predicted molar refractivity (Wildman–Crippen MR) is 109 cm³/mol. The first kappa shape index (κ1) is 17.4. The number of aromatic nitrogens is 3.